The van der Waals surface area contributed by atoms with Crippen LogP contribution in [0.5, 0.6) is 0 Å². The van der Waals surface area contributed by atoms with Crippen LogP contribution in [-0.2, 0) is 0 Å². The minimum Gasteiger partial charge on any atom is -0.366 e. The van der Waals surface area contributed by atoms with E-state index in [1.54, 1.807) is 18.2 Å². The number of carbonyl (C=O) groups excluding carboxylic acids is 2. The predicted octanol–water partition coefficient (Wildman–Crippen LogP) is 4.44. The van der Waals surface area contributed by atoms with Crippen molar-refractivity contribution >= 4 is 56.8 Å². The third-order valence-corrected chi connectivity index (χ3v) is 6.62. The number of carbonyl (C=O) groups is 2. The molecule has 1 fully saturated rings. The highest BCUT2D eigenvalue weighted by molar-refractivity contribution is 6.42. The first-order valence-corrected chi connectivity index (χ1v) is 11.0. The molecule has 6 nitrogen and oxygen atoms in total. The summed E-state index contributed by atoms with van der Waals surface area (Å²) >= 11 is 12.3. The molecule has 5 rings (SSSR count). The van der Waals surface area contributed by atoms with Crippen molar-refractivity contribution in [1.29, 1.82) is 0 Å². The molecular formula is C24H20Cl2N4O2. The van der Waals surface area contributed by atoms with E-state index in [1.165, 1.54) is 0 Å². The number of benzene rings is 3. The number of halogens is 2. The third kappa shape index (κ3) is 3.60. The van der Waals surface area contributed by atoms with Gasteiger partial charge in [0.1, 0.15) is 0 Å². The Labute approximate surface area is 194 Å². The summed E-state index contributed by atoms with van der Waals surface area (Å²) in [4.78, 5) is 30.4. The highest BCUT2D eigenvalue weighted by atomic mass is 35.5. The lowest BCUT2D eigenvalue weighted by molar-refractivity contribution is 0.0736. The van der Waals surface area contributed by atoms with Crippen LogP contribution in [0.4, 0.5) is 0 Å². The van der Waals surface area contributed by atoms with Gasteiger partial charge in [0.25, 0.3) is 11.8 Å². The van der Waals surface area contributed by atoms with Gasteiger partial charge in [0.15, 0.2) is 0 Å². The van der Waals surface area contributed by atoms with E-state index in [4.69, 9.17) is 28.9 Å². The van der Waals surface area contributed by atoms with Gasteiger partial charge in [-0.1, -0.05) is 29.3 Å². The summed E-state index contributed by atoms with van der Waals surface area (Å²) < 4.78 is 0. The molecule has 0 unspecified atom stereocenters. The minimum atomic E-state index is -0.541. The third-order valence-electron chi connectivity index (χ3n) is 5.88. The molecule has 2 heterocycles. The lowest BCUT2D eigenvalue weighted by Gasteiger charge is -2.27. The van der Waals surface area contributed by atoms with Gasteiger partial charge in [-0.3, -0.25) is 9.59 Å². The van der Waals surface area contributed by atoms with Crippen LogP contribution in [0, 0.1) is 0 Å². The maximum Gasteiger partial charge on any atom is 0.253 e. The van der Waals surface area contributed by atoms with Gasteiger partial charge in [-0.2, -0.15) is 0 Å². The van der Waals surface area contributed by atoms with Crippen LogP contribution < -0.4 is 11.1 Å². The van der Waals surface area contributed by atoms with Gasteiger partial charge < -0.3 is 20.9 Å². The maximum absolute atomic E-state index is 13.0. The van der Waals surface area contributed by atoms with Gasteiger partial charge in [-0.25, -0.2) is 0 Å². The van der Waals surface area contributed by atoms with Crippen LogP contribution in [0.1, 0.15) is 20.7 Å². The number of aromatic amines is 1. The number of piperazine rings is 1. The smallest absolute Gasteiger partial charge is 0.253 e. The molecule has 0 spiro atoms. The fourth-order valence-electron chi connectivity index (χ4n) is 4.22. The summed E-state index contributed by atoms with van der Waals surface area (Å²) in [7, 11) is 0. The molecule has 0 aliphatic carbocycles. The fraction of sp³-hybridized carbons (Fsp3) is 0.167. The number of nitrogens with one attached hydrogen (secondary N) is 2. The Bertz CT molecular complexity index is 1390. The van der Waals surface area contributed by atoms with Crippen molar-refractivity contribution < 1.29 is 9.59 Å². The number of nitrogens with two attached hydrogens (primary N) is 1. The summed E-state index contributed by atoms with van der Waals surface area (Å²) in [5.74, 6) is -0.543. The molecule has 4 aromatic rings. The molecule has 1 saturated heterocycles. The van der Waals surface area contributed by atoms with Crippen LogP contribution in [0.2, 0.25) is 10.0 Å². The number of rotatable bonds is 3. The normalized spacial score (nSPS) is 14.2. The Balaban J connectivity index is 1.69. The van der Waals surface area contributed by atoms with Crippen molar-refractivity contribution in [2.45, 2.75) is 0 Å². The summed E-state index contributed by atoms with van der Waals surface area (Å²) in [6.07, 6.45) is 0. The second kappa shape index (κ2) is 8.13. The van der Waals surface area contributed by atoms with Gasteiger partial charge >= 0.3 is 0 Å². The van der Waals surface area contributed by atoms with E-state index < -0.39 is 5.91 Å². The zero-order valence-corrected chi connectivity index (χ0v) is 18.6. The number of hydrogen-bond donors (Lipinski definition) is 3. The number of H-pyrrole nitrogens is 1. The minimum absolute atomic E-state index is 0.00138. The van der Waals surface area contributed by atoms with E-state index in [-0.39, 0.29) is 5.91 Å². The molecule has 0 saturated carbocycles. The summed E-state index contributed by atoms with van der Waals surface area (Å²) in [5.41, 5.74) is 9.75. The molecule has 1 aromatic heterocycles. The van der Waals surface area contributed by atoms with Crippen molar-refractivity contribution in [1.82, 2.24) is 15.2 Å². The fourth-order valence-corrected chi connectivity index (χ4v) is 4.52. The molecule has 1 aliphatic heterocycles. The highest BCUT2D eigenvalue weighted by Gasteiger charge is 2.20. The van der Waals surface area contributed by atoms with Crippen LogP contribution in [-0.4, -0.2) is 47.9 Å². The topological polar surface area (TPSA) is 91.2 Å². The van der Waals surface area contributed by atoms with Gasteiger partial charge in [0.05, 0.1) is 21.1 Å². The lowest BCUT2D eigenvalue weighted by atomic mass is 9.98. The van der Waals surface area contributed by atoms with E-state index >= 15 is 0 Å². The highest BCUT2D eigenvalue weighted by Crippen LogP contribution is 2.35. The van der Waals surface area contributed by atoms with Crippen LogP contribution in [0.3, 0.4) is 0 Å². The van der Waals surface area contributed by atoms with Crippen molar-refractivity contribution in [2.75, 3.05) is 26.2 Å². The molecular weight excluding hydrogens is 447 g/mol. The molecule has 0 atom stereocenters. The monoisotopic (exact) mass is 466 g/mol. The zero-order chi connectivity index (χ0) is 22.4. The van der Waals surface area contributed by atoms with Crippen molar-refractivity contribution in [3.05, 3.63) is 69.7 Å². The largest absolute Gasteiger partial charge is 0.366 e. The van der Waals surface area contributed by atoms with Crippen molar-refractivity contribution in [2.24, 2.45) is 5.73 Å². The van der Waals surface area contributed by atoms with E-state index in [0.717, 1.165) is 40.5 Å². The molecule has 162 valence electrons. The maximum atomic E-state index is 13.0. The number of fused-ring (bicyclic) bond motifs is 3. The Morgan fingerprint density at radius 2 is 1.66 bits per heavy atom. The molecule has 0 bridgehead atoms. The second-order valence-corrected chi connectivity index (χ2v) is 8.68. The average molecular weight is 467 g/mol. The lowest BCUT2D eigenvalue weighted by Crippen LogP contribution is -2.46. The Morgan fingerprint density at radius 3 is 2.38 bits per heavy atom. The average Bonchev–Trinajstić information content (AvgIpc) is 3.18. The Morgan fingerprint density at radius 1 is 0.875 bits per heavy atom. The second-order valence-electron chi connectivity index (χ2n) is 7.87. The number of aromatic nitrogens is 1. The van der Waals surface area contributed by atoms with E-state index in [1.807, 2.05) is 35.2 Å². The number of hydrogen-bond acceptors (Lipinski definition) is 3. The molecule has 3 aromatic carbocycles. The summed E-state index contributed by atoms with van der Waals surface area (Å²) in [5, 5.41) is 5.80. The first kappa shape index (κ1) is 20.8. The Hall–Kier alpha value is -3.06. The number of nitrogens with zero attached hydrogens (tertiary/aromatic N) is 1. The standard InChI is InChI=1S/C24H20Cl2N4O2/c25-19-3-1-13(12-20(19)26)15-10-17-16-9-14(24(32)30-7-5-28-6-8-30)2-4-21(16)29-22(17)18(11-15)23(27)31/h1-4,9-12,28-29H,5-8H2,(H2,27,31). The Kier molecular flexibility index (Phi) is 5.29. The molecule has 1 aliphatic rings. The van der Waals surface area contributed by atoms with Gasteiger partial charge in [-0.05, 0) is 53.6 Å². The molecule has 8 heteroatoms. The van der Waals surface area contributed by atoms with Gasteiger partial charge in [-0.15, -0.1) is 0 Å². The van der Waals surface area contributed by atoms with Gasteiger partial charge in [0, 0.05) is 48.0 Å². The van der Waals surface area contributed by atoms with Crippen LogP contribution >= 0.6 is 23.2 Å². The van der Waals surface area contributed by atoms with Crippen molar-refractivity contribution in [3.63, 3.8) is 0 Å². The quantitative estimate of drug-likeness (QED) is 0.416. The first-order chi connectivity index (χ1) is 15.4. The van der Waals surface area contributed by atoms with Crippen LogP contribution in [0.15, 0.2) is 48.5 Å². The SMILES string of the molecule is NC(=O)c1cc(-c2ccc(Cl)c(Cl)c2)cc2c1[nH]c1ccc(C(=O)N3CCNCC3)cc12. The van der Waals surface area contributed by atoms with Gasteiger partial charge in [0.2, 0.25) is 0 Å². The summed E-state index contributed by atoms with van der Waals surface area (Å²) in [6.45, 7) is 2.93. The number of amides is 2. The summed E-state index contributed by atoms with van der Waals surface area (Å²) in [6, 6.07) is 14.6. The van der Waals surface area contributed by atoms with Crippen LogP contribution in [0.25, 0.3) is 32.9 Å². The molecule has 0 radical (unpaired) electrons. The molecule has 4 N–H and O–H groups in total. The zero-order valence-electron chi connectivity index (χ0n) is 17.0. The van der Waals surface area contributed by atoms with Crippen molar-refractivity contribution in [3.8, 4) is 11.1 Å². The molecule has 2 amide bonds. The molecule has 32 heavy (non-hydrogen) atoms. The van der Waals surface area contributed by atoms with E-state index in [9.17, 15) is 9.59 Å². The number of primary amides is 1. The van der Waals surface area contributed by atoms with E-state index in [2.05, 4.69) is 10.3 Å². The first-order valence-electron chi connectivity index (χ1n) is 10.3. The predicted molar refractivity (Wildman–Crippen MR) is 129 cm³/mol. The van der Waals surface area contributed by atoms with E-state index in [0.29, 0.717) is 39.8 Å².